The van der Waals surface area contributed by atoms with E-state index in [0.717, 1.165) is 21.5 Å². The van der Waals surface area contributed by atoms with Crippen LogP contribution in [0.25, 0.3) is 0 Å². The molecule has 0 saturated carbocycles. The summed E-state index contributed by atoms with van der Waals surface area (Å²) in [6.07, 6.45) is -0.295. The molecule has 40 heavy (non-hydrogen) atoms. The van der Waals surface area contributed by atoms with E-state index < -0.39 is 24.4 Å². The SMILES string of the molecule is CCOC(=O)C(C)(C(=O)CCC(=O)OCc1ccccc1)[P+](c1ccccc1)(c1ccccc1)c1ccccc1. The van der Waals surface area contributed by atoms with Gasteiger partial charge in [0, 0.05) is 6.42 Å². The fourth-order valence-corrected chi connectivity index (χ4v) is 10.3. The minimum Gasteiger partial charge on any atom is -0.462 e. The molecule has 0 aliphatic rings. The first-order valence-electron chi connectivity index (χ1n) is 13.4. The van der Waals surface area contributed by atoms with Crippen molar-refractivity contribution < 1.29 is 23.9 Å². The molecule has 5 nitrogen and oxygen atoms in total. The molecule has 4 aromatic rings. The van der Waals surface area contributed by atoms with Gasteiger partial charge in [-0.3, -0.25) is 9.59 Å². The summed E-state index contributed by atoms with van der Waals surface area (Å²) in [4.78, 5) is 41.3. The highest BCUT2D eigenvalue weighted by molar-refractivity contribution is 7.98. The molecule has 6 heteroatoms. The minimum atomic E-state index is -3.02. The van der Waals surface area contributed by atoms with Crippen LogP contribution in [0, 0.1) is 0 Å². The van der Waals surface area contributed by atoms with Crippen molar-refractivity contribution in [3.63, 3.8) is 0 Å². The molecule has 0 spiro atoms. The van der Waals surface area contributed by atoms with Crippen LogP contribution in [0.1, 0.15) is 32.3 Å². The second-order valence-corrected chi connectivity index (χ2v) is 13.3. The summed E-state index contributed by atoms with van der Waals surface area (Å²) in [5.74, 6) is -1.44. The lowest BCUT2D eigenvalue weighted by Crippen LogP contribution is -2.56. The maximum atomic E-state index is 14.4. The van der Waals surface area contributed by atoms with Gasteiger partial charge in [-0.15, -0.1) is 0 Å². The molecule has 0 aliphatic heterocycles. The number of ketones is 1. The Morgan fingerprint density at radius 3 is 1.48 bits per heavy atom. The number of carbonyl (C=O) groups excluding carboxylic acids is 3. The molecular formula is C34H34O5P+. The Morgan fingerprint density at radius 2 is 1.05 bits per heavy atom. The van der Waals surface area contributed by atoms with E-state index in [9.17, 15) is 14.4 Å². The normalized spacial score (nSPS) is 12.7. The van der Waals surface area contributed by atoms with Gasteiger partial charge in [-0.2, -0.15) is 0 Å². The van der Waals surface area contributed by atoms with Crippen LogP contribution in [0.2, 0.25) is 0 Å². The van der Waals surface area contributed by atoms with Crippen molar-refractivity contribution in [2.45, 2.75) is 38.5 Å². The number of hydrogen-bond donors (Lipinski definition) is 0. The Bertz CT molecular complexity index is 1310. The van der Waals surface area contributed by atoms with Gasteiger partial charge in [-0.25, -0.2) is 4.79 Å². The highest BCUT2D eigenvalue weighted by Crippen LogP contribution is 2.66. The van der Waals surface area contributed by atoms with Crippen LogP contribution in [0.3, 0.4) is 0 Å². The molecule has 0 fully saturated rings. The third-order valence-electron chi connectivity index (χ3n) is 7.12. The first-order chi connectivity index (χ1) is 19.4. The van der Waals surface area contributed by atoms with Gasteiger partial charge in [0.1, 0.15) is 29.8 Å². The molecular weight excluding hydrogens is 519 g/mol. The van der Waals surface area contributed by atoms with Crippen LogP contribution in [0.15, 0.2) is 121 Å². The number of carbonyl (C=O) groups is 3. The van der Waals surface area contributed by atoms with Gasteiger partial charge in [0.25, 0.3) is 0 Å². The summed E-state index contributed by atoms with van der Waals surface area (Å²) in [5.41, 5.74) is 0.862. The van der Waals surface area contributed by atoms with Gasteiger partial charge < -0.3 is 9.47 Å². The highest BCUT2D eigenvalue weighted by atomic mass is 31.2. The molecule has 1 atom stereocenters. The van der Waals surface area contributed by atoms with Gasteiger partial charge >= 0.3 is 11.9 Å². The highest BCUT2D eigenvalue weighted by Gasteiger charge is 2.69. The molecule has 0 heterocycles. The number of Topliss-reactive ketones (excluding diaryl/α,β-unsaturated/α-hetero) is 1. The number of esters is 2. The molecule has 0 amide bonds. The van der Waals surface area contributed by atoms with E-state index in [2.05, 4.69) is 0 Å². The smallest absolute Gasteiger partial charge is 0.358 e. The zero-order valence-electron chi connectivity index (χ0n) is 22.9. The Balaban J connectivity index is 1.81. The molecule has 4 rings (SSSR count). The van der Waals surface area contributed by atoms with Gasteiger partial charge in [-0.1, -0.05) is 84.9 Å². The van der Waals surface area contributed by atoms with Gasteiger partial charge in [-0.05, 0) is 55.8 Å². The van der Waals surface area contributed by atoms with E-state index in [1.807, 2.05) is 121 Å². The maximum Gasteiger partial charge on any atom is 0.358 e. The fourth-order valence-electron chi connectivity index (χ4n) is 5.16. The summed E-state index contributed by atoms with van der Waals surface area (Å²) in [7, 11) is -3.02. The second-order valence-electron chi connectivity index (χ2n) is 9.54. The first kappa shape index (κ1) is 28.9. The molecule has 0 N–H and O–H groups in total. The lowest BCUT2D eigenvalue weighted by molar-refractivity contribution is -0.151. The predicted octanol–water partition coefficient (Wildman–Crippen LogP) is 5.40. The zero-order valence-corrected chi connectivity index (χ0v) is 23.8. The maximum absolute atomic E-state index is 14.4. The third kappa shape index (κ3) is 5.76. The fraction of sp³-hybridized carbons (Fsp3) is 0.206. The molecule has 0 radical (unpaired) electrons. The van der Waals surface area contributed by atoms with Crippen molar-refractivity contribution in [3.8, 4) is 0 Å². The van der Waals surface area contributed by atoms with E-state index >= 15 is 0 Å². The van der Waals surface area contributed by atoms with Crippen molar-refractivity contribution in [2.24, 2.45) is 0 Å². The van der Waals surface area contributed by atoms with E-state index in [1.54, 1.807) is 13.8 Å². The van der Waals surface area contributed by atoms with Crippen molar-refractivity contribution >= 4 is 40.9 Å². The molecule has 1 unspecified atom stereocenters. The molecule has 204 valence electrons. The van der Waals surface area contributed by atoms with Crippen LogP contribution >= 0.6 is 7.26 Å². The van der Waals surface area contributed by atoms with Crippen LogP contribution < -0.4 is 15.9 Å². The molecule has 0 aromatic heterocycles. The first-order valence-corrected chi connectivity index (χ1v) is 15.2. The van der Waals surface area contributed by atoms with E-state index in [0.29, 0.717) is 0 Å². The zero-order chi connectivity index (χ0) is 28.4. The Labute approximate surface area is 236 Å². The summed E-state index contributed by atoms with van der Waals surface area (Å²) < 4.78 is 11.1. The quantitative estimate of drug-likeness (QED) is 0.134. The summed E-state index contributed by atoms with van der Waals surface area (Å²) in [5, 5.41) is 1.03. The molecule has 0 aliphatic carbocycles. The largest absolute Gasteiger partial charge is 0.462 e. The molecule has 4 aromatic carbocycles. The summed E-state index contributed by atoms with van der Waals surface area (Å²) in [6.45, 7) is 3.68. The summed E-state index contributed by atoms with van der Waals surface area (Å²) in [6, 6.07) is 38.5. The van der Waals surface area contributed by atoms with E-state index in [1.165, 1.54) is 0 Å². The van der Waals surface area contributed by atoms with Crippen molar-refractivity contribution in [1.29, 1.82) is 0 Å². The predicted molar refractivity (Wildman–Crippen MR) is 161 cm³/mol. The van der Waals surface area contributed by atoms with Gasteiger partial charge in [0.05, 0.1) is 13.0 Å². The lowest BCUT2D eigenvalue weighted by atomic mass is 10.0. The Morgan fingerprint density at radius 1 is 0.625 bits per heavy atom. The average molecular weight is 554 g/mol. The minimum absolute atomic E-state index is 0.123. The van der Waals surface area contributed by atoms with Crippen molar-refractivity contribution in [3.05, 3.63) is 127 Å². The monoisotopic (exact) mass is 553 g/mol. The van der Waals surface area contributed by atoms with Crippen LogP contribution in [0.5, 0.6) is 0 Å². The van der Waals surface area contributed by atoms with Crippen LogP contribution in [-0.4, -0.2) is 29.5 Å². The van der Waals surface area contributed by atoms with Crippen LogP contribution in [-0.2, 0) is 30.5 Å². The summed E-state index contributed by atoms with van der Waals surface area (Å²) >= 11 is 0. The average Bonchev–Trinajstić information content (AvgIpc) is 3.01. The Hall–Kier alpha value is -4.08. The molecule has 0 bridgehead atoms. The number of hydrogen-bond acceptors (Lipinski definition) is 5. The third-order valence-corrected chi connectivity index (χ3v) is 12.1. The van der Waals surface area contributed by atoms with Crippen LogP contribution in [0.4, 0.5) is 0 Å². The van der Waals surface area contributed by atoms with Crippen molar-refractivity contribution in [1.82, 2.24) is 0 Å². The number of rotatable bonds is 12. The topological polar surface area (TPSA) is 69.7 Å². The Kier molecular flexibility index (Phi) is 9.63. The second kappa shape index (κ2) is 13.3. The van der Waals surface area contributed by atoms with Gasteiger partial charge in [0.2, 0.25) is 5.16 Å². The lowest BCUT2D eigenvalue weighted by Gasteiger charge is -2.39. The number of ether oxygens (including phenoxy) is 2. The van der Waals surface area contributed by atoms with Crippen molar-refractivity contribution in [2.75, 3.05) is 6.61 Å². The van der Waals surface area contributed by atoms with E-state index in [4.69, 9.17) is 9.47 Å². The molecule has 0 saturated heterocycles. The standard InChI is InChI=1S/C34H34O5P/c1-3-38-33(37)34(2,31(35)24-25-32(36)39-26-27-16-8-4-9-17-27)40(28-18-10-5-11-19-28,29-20-12-6-13-21-29)30-22-14-7-15-23-30/h4-23H,3,24-26H2,1-2H3/q+1. The number of benzene rings is 4. The van der Waals surface area contributed by atoms with E-state index in [-0.39, 0.29) is 31.8 Å². The van der Waals surface area contributed by atoms with Gasteiger partial charge in [0.15, 0.2) is 5.78 Å².